The van der Waals surface area contributed by atoms with Crippen molar-refractivity contribution in [3.05, 3.63) is 23.8 Å². The molecule has 1 aliphatic carbocycles. The van der Waals surface area contributed by atoms with Crippen molar-refractivity contribution in [3.63, 3.8) is 0 Å². The predicted molar refractivity (Wildman–Crippen MR) is 62.1 cm³/mol. The van der Waals surface area contributed by atoms with Crippen molar-refractivity contribution in [2.24, 2.45) is 16.1 Å². The maximum atomic E-state index is 13.5. The second-order valence-electron chi connectivity index (χ2n) is 4.44. The van der Waals surface area contributed by atoms with Crippen molar-refractivity contribution in [2.75, 3.05) is 0 Å². The molecule has 0 aliphatic heterocycles. The van der Waals surface area contributed by atoms with Gasteiger partial charge in [0.2, 0.25) is 5.88 Å². The van der Waals surface area contributed by atoms with Crippen LogP contribution in [0.15, 0.2) is 22.4 Å². The molecule has 7 heteroatoms. The molecule has 19 heavy (non-hydrogen) atoms. The lowest BCUT2D eigenvalue weighted by Crippen LogP contribution is -1.92. The van der Waals surface area contributed by atoms with E-state index >= 15 is 0 Å². The molecule has 0 unspecified atom stereocenters. The van der Waals surface area contributed by atoms with Crippen LogP contribution in [0.25, 0.3) is 10.9 Å². The Morgan fingerprint density at radius 1 is 1.37 bits per heavy atom. The Kier molecular flexibility index (Phi) is 2.55. The zero-order chi connectivity index (χ0) is 13.6. The first kappa shape index (κ1) is 11.8. The summed E-state index contributed by atoms with van der Waals surface area (Å²) in [6, 6.07) is 1.71. The van der Waals surface area contributed by atoms with Gasteiger partial charge >= 0.3 is 0 Å². The van der Waals surface area contributed by atoms with E-state index in [1.807, 2.05) is 0 Å². The van der Waals surface area contributed by atoms with E-state index in [9.17, 15) is 18.7 Å². The van der Waals surface area contributed by atoms with Gasteiger partial charge in [0.25, 0.3) is 5.91 Å². The highest BCUT2D eigenvalue weighted by atomic mass is 19.1. The first-order valence-electron chi connectivity index (χ1n) is 5.71. The normalized spacial score (nSPS) is 15.5. The maximum Gasteiger partial charge on any atom is 0.267 e. The highest BCUT2D eigenvalue weighted by molar-refractivity contribution is 5.95. The largest absolute Gasteiger partial charge is 0.493 e. The van der Waals surface area contributed by atoms with E-state index in [0.29, 0.717) is 6.07 Å². The number of fused-ring (bicyclic) bond motifs is 1. The number of nitrogens with zero attached hydrogens (tertiary/aromatic N) is 2. The van der Waals surface area contributed by atoms with Crippen LogP contribution in [0.1, 0.15) is 12.8 Å². The molecule has 0 atom stereocenters. The predicted octanol–water partition coefficient (Wildman–Crippen LogP) is 3.17. The molecule has 1 aromatic carbocycles. The van der Waals surface area contributed by atoms with E-state index in [0.717, 1.165) is 18.9 Å². The summed E-state index contributed by atoms with van der Waals surface area (Å²) >= 11 is 0. The molecular formula is C12H9F2N3O2. The summed E-state index contributed by atoms with van der Waals surface area (Å²) in [5.74, 6) is -2.59. The third-order valence-corrected chi connectivity index (χ3v) is 2.95. The van der Waals surface area contributed by atoms with E-state index in [-0.39, 0.29) is 28.4 Å². The van der Waals surface area contributed by atoms with E-state index in [1.165, 1.54) is 0 Å². The molecule has 1 saturated carbocycles. The summed E-state index contributed by atoms with van der Waals surface area (Å²) in [5, 5.41) is 16.7. The fourth-order valence-electron chi connectivity index (χ4n) is 1.81. The summed E-state index contributed by atoms with van der Waals surface area (Å²) in [6.45, 7) is 0. The quantitative estimate of drug-likeness (QED) is 0.818. The molecule has 1 aliphatic rings. The Morgan fingerprint density at radius 2 is 2.11 bits per heavy atom. The lowest BCUT2D eigenvalue weighted by atomic mass is 10.2. The number of azo groups is 1. The summed E-state index contributed by atoms with van der Waals surface area (Å²) in [4.78, 5) is 13.7. The lowest BCUT2D eigenvalue weighted by Gasteiger charge is -1.94. The highest BCUT2D eigenvalue weighted by Crippen LogP contribution is 2.38. The van der Waals surface area contributed by atoms with Crippen LogP contribution in [0.4, 0.5) is 14.5 Å². The van der Waals surface area contributed by atoms with Gasteiger partial charge in [0.05, 0.1) is 5.52 Å². The topological polar surface area (TPSA) is 77.8 Å². The molecule has 2 aromatic rings. The zero-order valence-electron chi connectivity index (χ0n) is 9.65. The molecule has 2 N–H and O–H groups in total. The van der Waals surface area contributed by atoms with Crippen LogP contribution in [-0.2, 0) is 4.79 Å². The molecule has 98 valence electrons. The summed E-state index contributed by atoms with van der Waals surface area (Å²) in [5.41, 5.74) is -0.214. The fraction of sp³-hybridized carbons (Fsp3) is 0.250. The number of aromatic hydroxyl groups is 1. The van der Waals surface area contributed by atoms with Gasteiger partial charge in [-0.3, -0.25) is 4.79 Å². The molecule has 0 saturated heterocycles. The number of aromatic amines is 1. The van der Waals surface area contributed by atoms with E-state index < -0.39 is 17.5 Å². The molecular weight excluding hydrogens is 256 g/mol. The number of H-pyrrole nitrogens is 1. The van der Waals surface area contributed by atoms with Crippen molar-refractivity contribution in [2.45, 2.75) is 12.8 Å². The van der Waals surface area contributed by atoms with Gasteiger partial charge in [-0.1, -0.05) is 0 Å². The molecule has 1 fully saturated rings. The second-order valence-corrected chi connectivity index (χ2v) is 4.44. The Bertz CT molecular complexity index is 705. The number of hydrogen-bond acceptors (Lipinski definition) is 3. The van der Waals surface area contributed by atoms with Gasteiger partial charge < -0.3 is 10.1 Å². The van der Waals surface area contributed by atoms with E-state index in [1.54, 1.807) is 0 Å². The number of nitrogens with one attached hydrogen (secondary N) is 1. The standard InChI is InChI=1S/C12H9F2N3O2/c13-6-3-7-9(8(14)4-6)15-12(19)10(7)16-17-11(18)5-1-2-5/h3-5,15,19H,1-2H2. The van der Waals surface area contributed by atoms with Gasteiger partial charge in [-0.2, -0.15) is 0 Å². The molecule has 1 amide bonds. The Labute approximate surface area is 106 Å². The molecule has 5 nitrogen and oxygen atoms in total. The molecule has 0 bridgehead atoms. The van der Waals surface area contributed by atoms with Crippen molar-refractivity contribution < 1.29 is 18.7 Å². The first-order chi connectivity index (χ1) is 9.06. The maximum absolute atomic E-state index is 13.5. The minimum atomic E-state index is -0.847. The van der Waals surface area contributed by atoms with Crippen LogP contribution < -0.4 is 0 Å². The van der Waals surface area contributed by atoms with Crippen molar-refractivity contribution in [3.8, 4) is 5.88 Å². The van der Waals surface area contributed by atoms with Crippen LogP contribution in [-0.4, -0.2) is 16.0 Å². The van der Waals surface area contributed by atoms with Crippen LogP contribution >= 0.6 is 0 Å². The number of rotatable bonds is 2. The average Bonchev–Trinajstić information content (AvgIpc) is 3.13. The number of amides is 1. The van der Waals surface area contributed by atoms with Gasteiger partial charge in [0, 0.05) is 17.4 Å². The van der Waals surface area contributed by atoms with Crippen LogP contribution in [0.5, 0.6) is 5.88 Å². The van der Waals surface area contributed by atoms with Gasteiger partial charge in [0.15, 0.2) is 5.69 Å². The number of benzene rings is 1. The highest BCUT2D eigenvalue weighted by Gasteiger charge is 2.29. The average molecular weight is 265 g/mol. The Balaban J connectivity index is 2.07. The molecule has 1 aromatic heterocycles. The van der Waals surface area contributed by atoms with Gasteiger partial charge in [0.1, 0.15) is 11.6 Å². The zero-order valence-corrected chi connectivity index (χ0v) is 9.65. The Hall–Kier alpha value is -2.31. The molecule has 1 heterocycles. The van der Waals surface area contributed by atoms with Crippen LogP contribution in [0.3, 0.4) is 0 Å². The third-order valence-electron chi connectivity index (χ3n) is 2.95. The third kappa shape index (κ3) is 2.07. The minimum absolute atomic E-state index is 0.0438. The first-order valence-corrected chi connectivity index (χ1v) is 5.71. The smallest absolute Gasteiger partial charge is 0.267 e. The van der Waals surface area contributed by atoms with Gasteiger partial charge in [-0.05, 0) is 18.9 Å². The number of aromatic nitrogens is 1. The molecule has 0 radical (unpaired) electrons. The van der Waals surface area contributed by atoms with Crippen molar-refractivity contribution in [1.82, 2.24) is 4.98 Å². The summed E-state index contributed by atoms with van der Waals surface area (Å²) in [6.07, 6.45) is 1.56. The van der Waals surface area contributed by atoms with E-state index in [2.05, 4.69) is 15.2 Å². The van der Waals surface area contributed by atoms with Crippen LogP contribution in [0, 0.1) is 17.6 Å². The number of halogens is 2. The fourth-order valence-corrected chi connectivity index (χ4v) is 1.81. The Morgan fingerprint density at radius 3 is 2.79 bits per heavy atom. The van der Waals surface area contributed by atoms with Crippen LogP contribution in [0.2, 0.25) is 0 Å². The van der Waals surface area contributed by atoms with Gasteiger partial charge in [-0.25, -0.2) is 8.78 Å². The molecule has 3 rings (SSSR count). The van der Waals surface area contributed by atoms with E-state index in [4.69, 9.17) is 0 Å². The number of hydrogen-bond donors (Lipinski definition) is 2. The number of carbonyl (C=O) groups excluding carboxylic acids is 1. The van der Waals surface area contributed by atoms with Crippen molar-refractivity contribution in [1.29, 1.82) is 0 Å². The number of carbonyl (C=O) groups is 1. The van der Waals surface area contributed by atoms with Crippen molar-refractivity contribution >= 4 is 22.5 Å². The second kappa shape index (κ2) is 4.11. The lowest BCUT2D eigenvalue weighted by molar-refractivity contribution is -0.119. The molecule has 0 spiro atoms. The SMILES string of the molecule is O=C(N=Nc1c(O)[nH]c2c(F)cc(F)cc12)C1CC1. The van der Waals surface area contributed by atoms with Gasteiger partial charge in [-0.15, -0.1) is 10.2 Å². The minimum Gasteiger partial charge on any atom is -0.493 e. The monoisotopic (exact) mass is 265 g/mol. The summed E-state index contributed by atoms with van der Waals surface area (Å²) in [7, 11) is 0. The summed E-state index contributed by atoms with van der Waals surface area (Å²) < 4.78 is 26.6.